The second-order valence-electron chi connectivity index (χ2n) is 3.17. The first kappa shape index (κ1) is 13.9. The first-order valence-corrected chi connectivity index (χ1v) is 5.90. The van der Waals surface area contributed by atoms with E-state index >= 15 is 0 Å². The van der Waals surface area contributed by atoms with Crippen LogP contribution in [0.5, 0.6) is 11.5 Å². The van der Waals surface area contributed by atoms with Gasteiger partial charge in [0.05, 0.1) is 21.3 Å². The van der Waals surface area contributed by atoms with Crippen LogP contribution in [-0.4, -0.2) is 35.1 Å². The van der Waals surface area contributed by atoms with Crippen molar-refractivity contribution in [1.82, 2.24) is 0 Å². The van der Waals surface area contributed by atoms with Gasteiger partial charge in [-0.3, -0.25) is 0 Å². The van der Waals surface area contributed by atoms with Gasteiger partial charge in [0, 0.05) is 11.4 Å². The summed E-state index contributed by atoms with van der Waals surface area (Å²) in [5.41, 5.74) is 1.30. The molecule has 1 aromatic rings. The van der Waals surface area contributed by atoms with E-state index in [1.165, 1.54) is 21.3 Å². The summed E-state index contributed by atoms with van der Waals surface area (Å²) in [6.07, 6.45) is 0. The van der Waals surface area contributed by atoms with Crippen molar-refractivity contribution in [3.63, 3.8) is 0 Å². The lowest BCUT2D eigenvalue weighted by Crippen LogP contribution is -2.19. The molecule has 90 valence electrons. The Balaban J connectivity index is 3.54. The fraction of sp³-hybridized carbons (Fsp3) is 0.364. The van der Waals surface area contributed by atoms with Crippen LogP contribution in [0, 0.1) is 0 Å². The van der Waals surface area contributed by atoms with E-state index in [4.69, 9.17) is 22.1 Å². The van der Waals surface area contributed by atoms with Gasteiger partial charge in [0.1, 0.15) is 24.9 Å². The topological polar surface area (TPSA) is 44.8 Å². The molecular formula is C11H12BBrO4. The molecule has 0 spiro atoms. The van der Waals surface area contributed by atoms with Gasteiger partial charge in [0.25, 0.3) is 0 Å². The SMILES string of the molecule is [B]c1c(OC)cc(OC)c(C(=O)OC)c1CBr. The largest absolute Gasteiger partial charge is 0.497 e. The predicted molar refractivity (Wildman–Crippen MR) is 68.9 cm³/mol. The molecule has 17 heavy (non-hydrogen) atoms. The number of ether oxygens (including phenoxy) is 3. The molecule has 0 aliphatic carbocycles. The predicted octanol–water partition coefficient (Wildman–Crippen LogP) is 1.18. The van der Waals surface area contributed by atoms with E-state index in [9.17, 15) is 4.79 Å². The second-order valence-corrected chi connectivity index (χ2v) is 3.73. The van der Waals surface area contributed by atoms with Crippen LogP contribution in [-0.2, 0) is 10.1 Å². The first-order chi connectivity index (χ1) is 8.10. The Kier molecular flexibility index (Phi) is 4.87. The summed E-state index contributed by atoms with van der Waals surface area (Å²) in [6, 6.07) is 1.56. The Labute approximate surface area is 110 Å². The molecule has 6 heteroatoms. The third kappa shape index (κ3) is 2.57. The maximum Gasteiger partial charge on any atom is 0.341 e. The Morgan fingerprint density at radius 2 is 1.88 bits per heavy atom. The third-order valence-electron chi connectivity index (χ3n) is 2.36. The number of methoxy groups -OCH3 is 3. The molecule has 1 rings (SSSR count). The quantitative estimate of drug-likeness (QED) is 0.476. The maximum absolute atomic E-state index is 11.7. The number of hydrogen-bond donors (Lipinski definition) is 0. The van der Waals surface area contributed by atoms with Gasteiger partial charge in [0.2, 0.25) is 0 Å². The van der Waals surface area contributed by atoms with Crippen LogP contribution in [0.15, 0.2) is 6.07 Å². The van der Waals surface area contributed by atoms with Gasteiger partial charge in [-0.1, -0.05) is 21.4 Å². The molecule has 0 unspecified atom stereocenters. The zero-order valence-electron chi connectivity index (χ0n) is 9.87. The van der Waals surface area contributed by atoms with Gasteiger partial charge in [-0.2, -0.15) is 0 Å². The van der Waals surface area contributed by atoms with E-state index in [0.29, 0.717) is 33.4 Å². The minimum atomic E-state index is -0.495. The van der Waals surface area contributed by atoms with Crippen molar-refractivity contribution >= 4 is 35.2 Å². The van der Waals surface area contributed by atoms with Crippen molar-refractivity contribution in [3.8, 4) is 11.5 Å². The van der Waals surface area contributed by atoms with Crippen molar-refractivity contribution in [2.45, 2.75) is 5.33 Å². The zero-order valence-corrected chi connectivity index (χ0v) is 11.5. The van der Waals surface area contributed by atoms with E-state index in [2.05, 4.69) is 15.9 Å². The maximum atomic E-state index is 11.7. The Hall–Kier alpha value is -1.17. The number of halogens is 1. The number of carbonyl (C=O) groups is 1. The molecule has 4 nitrogen and oxygen atoms in total. The van der Waals surface area contributed by atoms with Gasteiger partial charge in [-0.15, -0.1) is 0 Å². The summed E-state index contributed by atoms with van der Waals surface area (Å²) >= 11 is 3.28. The van der Waals surface area contributed by atoms with E-state index < -0.39 is 5.97 Å². The molecule has 2 radical (unpaired) electrons. The van der Waals surface area contributed by atoms with Crippen LogP contribution < -0.4 is 14.9 Å². The molecule has 0 bridgehead atoms. The summed E-state index contributed by atoms with van der Waals surface area (Å²) in [7, 11) is 10.2. The standard InChI is InChI=1S/C11H12BBrO4/c1-15-7-4-8(16-2)10(12)6(5-13)9(7)11(14)17-3/h4H,5H2,1-3H3. The zero-order chi connectivity index (χ0) is 13.0. The molecule has 0 aromatic heterocycles. The molecule has 0 aliphatic heterocycles. The number of esters is 1. The van der Waals surface area contributed by atoms with Crippen molar-refractivity contribution in [2.24, 2.45) is 0 Å². The molecule has 0 aliphatic rings. The van der Waals surface area contributed by atoms with Crippen LogP contribution in [0.4, 0.5) is 0 Å². The summed E-state index contributed by atoms with van der Waals surface area (Å²) in [5.74, 6) is 0.340. The lowest BCUT2D eigenvalue weighted by molar-refractivity contribution is 0.0596. The highest BCUT2D eigenvalue weighted by molar-refractivity contribution is 9.08. The van der Waals surface area contributed by atoms with Gasteiger partial charge >= 0.3 is 5.97 Å². The number of rotatable bonds is 4. The normalized spacial score (nSPS) is 9.88. The molecule has 0 fully saturated rings. The second kappa shape index (κ2) is 5.96. The lowest BCUT2D eigenvalue weighted by Gasteiger charge is -2.16. The molecule has 0 atom stereocenters. The molecule has 1 aromatic carbocycles. The number of hydrogen-bond acceptors (Lipinski definition) is 4. The highest BCUT2D eigenvalue weighted by atomic mass is 79.9. The van der Waals surface area contributed by atoms with Gasteiger partial charge in [0.15, 0.2) is 0 Å². The fourth-order valence-corrected chi connectivity index (χ4v) is 2.08. The van der Waals surface area contributed by atoms with Crippen molar-refractivity contribution in [2.75, 3.05) is 21.3 Å². The number of carbonyl (C=O) groups excluding carboxylic acids is 1. The van der Waals surface area contributed by atoms with Crippen LogP contribution >= 0.6 is 15.9 Å². The third-order valence-corrected chi connectivity index (χ3v) is 2.92. The minimum Gasteiger partial charge on any atom is -0.497 e. The smallest absolute Gasteiger partial charge is 0.341 e. The molecule has 0 saturated heterocycles. The van der Waals surface area contributed by atoms with E-state index in [-0.39, 0.29) is 0 Å². The molecule has 0 N–H and O–H groups in total. The minimum absolute atomic E-state index is 0.310. The van der Waals surface area contributed by atoms with Gasteiger partial charge < -0.3 is 14.2 Å². The summed E-state index contributed by atoms with van der Waals surface area (Å²) in [4.78, 5) is 11.7. The Morgan fingerprint density at radius 1 is 1.29 bits per heavy atom. The summed E-state index contributed by atoms with van der Waals surface area (Å²) in [5, 5.41) is 0.400. The first-order valence-electron chi connectivity index (χ1n) is 4.78. The van der Waals surface area contributed by atoms with Crippen molar-refractivity contribution in [3.05, 3.63) is 17.2 Å². The van der Waals surface area contributed by atoms with Crippen LogP contribution in [0.1, 0.15) is 15.9 Å². The average molecular weight is 299 g/mol. The summed E-state index contributed by atoms with van der Waals surface area (Å²) in [6.45, 7) is 0. The van der Waals surface area contributed by atoms with Crippen molar-refractivity contribution < 1.29 is 19.0 Å². The fourth-order valence-electron chi connectivity index (χ4n) is 1.50. The molecule has 0 saturated carbocycles. The highest BCUT2D eigenvalue weighted by Crippen LogP contribution is 2.28. The van der Waals surface area contributed by atoms with E-state index in [0.717, 1.165) is 0 Å². The van der Waals surface area contributed by atoms with E-state index in [1.54, 1.807) is 6.07 Å². The van der Waals surface area contributed by atoms with Crippen LogP contribution in [0.25, 0.3) is 0 Å². The Bertz CT molecular complexity index is 434. The van der Waals surface area contributed by atoms with Crippen LogP contribution in [0.3, 0.4) is 0 Å². The van der Waals surface area contributed by atoms with Gasteiger partial charge in [-0.25, -0.2) is 4.79 Å². The lowest BCUT2D eigenvalue weighted by atomic mass is 9.86. The van der Waals surface area contributed by atoms with Crippen molar-refractivity contribution in [1.29, 1.82) is 0 Å². The van der Waals surface area contributed by atoms with E-state index in [1.807, 2.05) is 0 Å². The number of alkyl halides is 1. The highest BCUT2D eigenvalue weighted by Gasteiger charge is 2.21. The molecular weight excluding hydrogens is 287 g/mol. The monoisotopic (exact) mass is 298 g/mol. The molecule has 0 heterocycles. The van der Waals surface area contributed by atoms with Crippen LogP contribution in [0.2, 0.25) is 0 Å². The van der Waals surface area contributed by atoms with Gasteiger partial charge in [-0.05, 0) is 5.56 Å². The Morgan fingerprint density at radius 3 is 2.29 bits per heavy atom. The number of benzene rings is 1. The molecule has 0 amide bonds. The summed E-state index contributed by atoms with van der Waals surface area (Å²) < 4.78 is 15.0. The average Bonchev–Trinajstić information content (AvgIpc) is 2.37.